The number of aromatic nitrogens is 3. The average molecular weight is 437 g/mol. The molecule has 0 bridgehead atoms. The van der Waals surface area contributed by atoms with Crippen LogP contribution in [0.15, 0.2) is 35.4 Å². The first-order valence-corrected chi connectivity index (χ1v) is 11.8. The Morgan fingerprint density at radius 1 is 1.27 bits per heavy atom. The molecule has 4 rings (SSSR count). The highest BCUT2D eigenvalue weighted by molar-refractivity contribution is 7.89. The molecule has 2 aliphatic rings. The highest BCUT2D eigenvalue weighted by atomic mass is 32.2. The number of aliphatic hydroxyl groups excluding tert-OH is 1. The van der Waals surface area contributed by atoms with Gasteiger partial charge in [-0.2, -0.15) is 0 Å². The SMILES string of the molecule is COc1ccccc1S(=O)(=O)N[C@@H]1CC[C@@H](CCn2cc(C3CC3)nn2)O[C@H]1CO. The highest BCUT2D eigenvalue weighted by Crippen LogP contribution is 2.38. The van der Waals surface area contributed by atoms with Gasteiger partial charge < -0.3 is 14.6 Å². The molecule has 1 aliphatic carbocycles. The van der Waals surface area contributed by atoms with E-state index < -0.39 is 22.2 Å². The van der Waals surface area contributed by atoms with Crippen LogP contribution in [0.5, 0.6) is 5.75 Å². The molecular weight excluding hydrogens is 408 g/mol. The van der Waals surface area contributed by atoms with E-state index in [1.165, 1.54) is 26.0 Å². The summed E-state index contributed by atoms with van der Waals surface area (Å²) in [5.41, 5.74) is 1.05. The third kappa shape index (κ3) is 4.83. The van der Waals surface area contributed by atoms with E-state index in [2.05, 4.69) is 15.0 Å². The molecule has 0 spiro atoms. The lowest BCUT2D eigenvalue weighted by atomic mass is 9.98. The molecule has 164 valence electrons. The maximum atomic E-state index is 12.8. The minimum atomic E-state index is -3.81. The van der Waals surface area contributed by atoms with E-state index >= 15 is 0 Å². The van der Waals surface area contributed by atoms with Crippen molar-refractivity contribution >= 4 is 10.0 Å². The molecule has 0 radical (unpaired) electrons. The Bertz CT molecular complexity index is 960. The van der Waals surface area contributed by atoms with Crippen molar-refractivity contribution in [2.75, 3.05) is 13.7 Å². The Morgan fingerprint density at radius 3 is 2.80 bits per heavy atom. The predicted octanol–water partition coefficient (Wildman–Crippen LogP) is 1.44. The molecule has 2 N–H and O–H groups in total. The topological polar surface area (TPSA) is 116 Å². The fourth-order valence-electron chi connectivity index (χ4n) is 3.85. The highest BCUT2D eigenvalue weighted by Gasteiger charge is 2.34. The summed E-state index contributed by atoms with van der Waals surface area (Å²) < 4.78 is 41.4. The molecular formula is C20H28N4O5S. The minimum absolute atomic E-state index is 0.0669. The van der Waals surface area contributed by atoms with Gasteiger partial charge in [0.15, 0.2) is 0 Å². The van der Waals surface area contributed by atoms with Crippen LogP contribution < -0.4 is 9.46 Å². The fourth-order valence-corrected chi connectivity index (χ4v) is 5.32. The van der Waals surface area contributed by atoms with Gasteiger partial charge in [-0.05, 0) is 44.2 Å². The fraction of sp³-hybridized carbons (Fsp3) is 0.600. The van der Waals surface area contributed by atoms with Crippen LogP contribution in [0.1, 0.15) is 43.7 Å². The molecule has 1 aromatic carbocycles. The number of rotatable bonds is 9. The van der Waals surface area contributed by atoms with Crippen molar-refractivity contribution in [3.63, 3.8) is 0 Å². The van der Waals surface area contributed by atoms with Gasteiger partial charge in [0.25, 0.3) is 0 Å². The number of nitrogens with one attached hydrogen (secondary N) is 1. The first-order valence-electron chi connectivity index (χ1n) is 10.3. The summed E-state index contributed by atoms with van der Waals surface area (Å²) in [6.07, 6.45) is 5.70. The summed E-state index contributed by atoms with van der Waals surface area (Å²) in [4.78, 5) is 0.0731. The lowest BCUT2D eigenvalue weighted by Crippen LogP contribution is -2.51. The van der Waals surface area contributed by atoms with Gasteiger partial charge in [0, 0.05) is 18.7 Å². The Morgan fingerprint density at radius 2 is 2.07 bits per heavy atom. The predicted molar refractivity (Wildman–Crippen MR) is 109 cm³/mol. The van der Waals surface area contributed by atoms with Crippen LogP contribution in [0.4, 0.5) is 0 Å². The number of aryl methyl sites for hydroxylation is 1. The van der Waals surface area contributed by atoms with E-state index in [1.807, 2.05) is 10.9 Å². The van der Waals surface area contributed by atoms with E-state index in [0.29, 0.717) is 25.3 Å². The number of benzene rings is 1. The van der Waals surface area contributed by atoms with Crippen molar-refractivity contribution in [2.45, 2.75) is 67.7 Å². The molecule has 2 aromatic rings. The smallest absolute Gasteiger partial charge is 0.244 e. The zero-order valence-corrected chi connectivity index (χ0v) is 17.8. The molecule has 2 fully saturated rings. The second kappa shape index (κ2) is 9.01. The van der Waals surface area contributed by atoms with Gasteiger partial charge in [-0.25, -0.2) is 13.1 Å². The van der Waals surface area contributed by atoms with Crippen LogP contribution in [0, 0.1) is 0 Å². The van der Waals surface area contributed by atoms with Crippen LogP contribution >= 0.6 is 0 Å². The zero-order valence-electron chi connectivity index (χ0n) is 17.0. The van der Waals surface area contributed by atoms with Gasteiger partial charge >= 0.3 is 0 Å². The van der Waals surface area contributed by atoms with Gasteiger partial charge in [0.2, 0.25) is 10.0 Å². The summed E-state index contributed by atoms with van der Waals surface area (Å²) in [7, 11) is -2.37. The van der Waals surface area contributed by atoms with Gasteiger partial charge in [-0.3, -0.25) is 4.68 Å². The molecule has 10 heteroatoms. The second-order valence-corrected chi connectivity index (χ2v) is 9.59. The Labute approximate surface area is 176 Å². The average Bonchev–Trinajstić information content (AvgIpc) is 3.50. The van der Waals surface area contributed by atoms with Crippen molar-refractivity contribution in [3.05, 3.63) is 36.2 Å². The molecule has 9 nitrogen and oxygen atoms in total. The summed E-state index contributed by atoms with van der Waals surface area (Å²) in [6.45, 7) is 0.422. The standard InChI is InChI=1S/C20H28N4O5S/c1-28-18-4-2-3-5-20(18)30(26,27)22-16-9-8-15(29-19(16)13-25)10-11-24-12-17(21-23-24)14-6-7-14/h2-5,12,14-16,19,22,25H,6-11,13H2,1H3/t15-,16+,19-/m0/s1. The van der Waals surface area contributed by atoms with Crippen LogP contribution in [0.3, 0.4) is 0 Å². The number of hydrogen-bond donors (Lipinski definition) is 2. The van der Waals surface area contributed by atoms with Crippen LogP contribution in [0.25, 0.3) is 0 Å². The van der Waals surface area contributed by atoms with E-state index in [0.717, 1.165) is 12.1 Å². The third-order valence-corrected chi connectivity index (χ3v) is 7.22. The van der Waals surface area contributed by atoms with Crippen molar-refractivity contribution < 1.29 is 23.0 Å². The number of hydrogen-bond acceptors (Lipinski definition) is 7. The molecule has 1 aliphatic heterocycles. The number of para-hydroxylation sites is 1. The van der Waals surface area contributed by atoms with Gasteiger partial charge in [0.1, 0.15) is 10.6 Å². The number of ether oxygens (including phenoxy) is 2. The number of methoxy groups -OCH3 is 1. The van der Waals surface area contributed by atoms with Crippen LogP contribution in [-0.4, -0.2) is 60.5 Å². The molecule has 3 atom stereocenters. The Kier molecular flexibility index (Phi) is 6.37. The third-order valence-electron chi connectivity index (χ3n) is 5.69. The molecule has 1 saturated heterocycles. The zero-order chi connectivity index (χ0) is 21.1. The van der Waals surface area contributed by atoms with Crippen molar-refractivity contribution in [2.24, 2.45) is 0 Å². The van der Waals surface area contributed by atoms with Crippen molar-refractivity contribution in [3.8, 4) is 5.75 Å². The number of nitrogens with zero attached hydrogens (tertiary/aromatic N) is 3. The monoisotopic (exact) mass is 436 g/mol. The molecule has 1 aromatic heterocycles. The quantitative estimate of drug-likeness (QED) is 0.611. The molecule has 0 unspecified atom stereocenters. The molecule has 30 heavy (non-hydrogen) atoms. The van der Waals surface area contributed by atoms with Crippen LogP contribution in [-0.2, 0) is 21.3 Å². The lowest BCUT2D eigenvalue weighted by molar-refractivity contribution is -0.0891. The van der Waals surface area contributed by atoms with Crippen molar-refractivity contribution in [1.29, 1.82) is 0 Å². The van der Waals surface area contributed by atoms with E-state index in [9.17, 15) is 13.5 Å². The van der Waals surface area contributed by atoms with Gasteiger partial charge in [-0.15, -0.1) is 5.10 Å². The number of sulfonamides is 1. The molecule has 2 heterocycles. The van der Waals surface area contributed by atoms with Crippen molar-refractivity contribution in [1.82, 2.24) is 19.7 Å². The van der Waals surface area contributed by atoms with Crippen LogP contribution in [0.2, 0.25) is 0 Å². The summed E-state index contributed by atoms with van der Waals surface area (Å²) in [6, 6.07) is 5.95. The minimum Gasteiger partial charge on any atom is -0.495 e. The van der Waals surface area contributed by atoms with E-state index in [4.69, 9.17) is 9.47 Å². The number of aliphatic hydroxyl groups is 1. The largest absolute Gasteiger partial charge is 0.495 e. The van der Waals surface area contributed by atoms with Gasteiger partial charge in [-0.1, -0.05) is 17.3 Å². The molecule has 1 saturated carbocycles. The van der Waals surface area contributed by atoms with E-state index in [-0.39, 0.29) is 23.4 Å². The second-order valence-electron chi connectivity index (χ2n) is 7.90. The van der Waals surface area contributed by atoms with Gasteiger partial charge in [0.05, 0.1) is 37.7 Å². The molecule has 0 amide bonds. The summed E-state index contributed by atoms with van der Waals surface area (Å²) >= 11 is 0. The Hall–Kier alpha value is -2.01. The maximum absolute atomic E-state index is 12.8. The normalized spacial score (nSPS) is 24.7. The maximum Gasteiger partial charge on any atom is 0.244 e. The van der Waals surface area contributed by atoms with E-state index in [1.54, 1.807) is 18.2 Å². The first-order chi connectivity index (χ1) is 14.5. The summed E-state index contributed by atoms with van der Waals surface area (Å²) in [5.74, 6) is 0.846. The lowest BCUT2D eigenvalue weighted by Gasteiger charge is -2.36. The summed E-state index contributed by atoms with van der Waals surface area (Å²) in [5, 5.41) is 18.2. The first kappa shape index (κ1) is 21.2. The Balaban J connectivity index is 1.34.